The maximum atomic E-state index is 5.07. The van der Waals surface area contributed by atoms with Gasteiger partial charge < -0.3 is 4.74 Å². The van der Waals surface area contributed by atoms with Gasteiger partial charge in [-0.25, -0.2) is 4.98 Å². The Kier molecular flexibility index (Phi) is 12.7. The molecule has 21 heavy (non-hydrogen) atoms. The van der Waals surface area contributed by atoms with E-state index in [9.17, 15) is 0 Å². The summed E-state index contributed by atoms with van der Waals surface area (Å²) in [5, 5.41) is 0. The monoisotopic (exact) mass is 292 g/mol. The van der Waals surface area contributed by atoms with Crippen molar-refractivity contribution in [3.8, 4) is 5.88 Å². The van der Waals surface area contributed by atoms with Crippen molar-refractivity contribution in [2.45, 2.75) is 66.2 Å². The Morgan fingerprint density at radius 3 is 2.43 bits per heavy atom. The maximum Gasteiger partial charge on any atom is 0.235 e. The van der Waals surface area contributed by atoms with Crippen LogP contribution in [0.4, 0.5) is 0 Å². The van der Waals surface area contributed by atoms with Gasteiger partial charge in [0.2, 0.25) is 5.88 Å². The second-order valence-corrected chi connectivity index (χ2v) is 5.53. The fourth-order valence-corrected chi connectivity index (χ4v) is 1.91. The topological polar surface area (TPSA) is 35.0 Å². The fourth-order valence-electron chi connectivity index (χ4n) is 1.91. The molecule has 0 saturated carbocycles. The van der Waals surface area contributed by atoms with E-state index < -0.39 is 0 Å². The first-order valence-electron chi connectivity index (χ1n) is 8.10. The smallest absolute Gasteiger partial charge is 0.235 e. The molecule has 0 aliphatic heterocycles. The lowest BCUT2D eigenvalue weighted by atomic mass is 10.1. The number of hydrogen-bond acceptors (Lipinski definition) is 3. The maximum absolute atomic E-state index is 5.07. The van der Waals surface area contributed by atoms with Crippen LogP contribution in [0.1, 0.15) is 65.5 Å². The lowest BCUT2D eigenvalue weighted by Gasteiger charge is -2.06. The Hall–Kier alpha value is -1.38. The summed E-state index contributed by atoms with van der Waals surface area (Å²) < 4.78 is 5.07. The molecule has 0 aliphatic rings. The van der Waals surface area contributed by atoms with Gasteiger partial charge in [-0.3, -0.25) is 4.98 Å². The largest absolute Gasteiger partial charge is 0.480 e. The Labute approximate surface area is 130 Å². The van der Waals surface area contributed by atoms with Gasteiger partial charge in [0.1, 0.15) is 5.69 Å². The van der Waals surface area contributed by atoms with Gasteiger partial charge in [0.15, 0.2) is 0 Å². The molecule has 120 valence electrons. The van der Waals surface area contributed by atoms with Gasteiger partial charge >= 0.3 is 0 Å². The van der Waals surface area contributed by atoms with Crippen LogP contribution in [-0.2, 0) is 6.42 Å². The summed E-state index contributed by atoms with van der Waals surface area (Å²) in [6.45, 7) is 8.62. The first kappa shape index (κ1) is 19.6. The van der Waals surface area contributed by atoms with E-state index in [0.29, 0.717) is 11.8 Å². The van der Waals surface area contributed by atoms with E-state index in [2.05, 4.69) is 49.8 Å². The molecule has 3 nitrogen and oxygen atoms in total. The van der Waals surface area contributed by atoms with Crippen LogP contribution >= 0.6 is 0 Å². The van der Waals surface area contributed by atoms with Crippen LogP contribution in [0.2, 0.25) is 0 Å². The summed E-state index contributed by atoms with van der Waals surface area (Å²) in [6.07, 6.45) is 15.4. The van der Waals surface area contributed by atoms with Crippen molar-refractivity contribution < 1.29 is 4.74 Å². The van der Waals surface area contributed by atoms with Crippen molar-refractivity contribution in [2.75, 3.05) is 7.11 Å². The summed E-state index contributed by atoms with van der Waals surface area (Å²) in [5.74, 6) is 1.22. The van der Waals surface area contributed by atoms with Gasteiger partial charge in [0.05, 0.1) is 7.11 Å². The molecule has 1 heterocycles. The lowest BCUT2D eigenvalue weighted by Crippen LogP contribution is -2.01. The van der Waals surface area contributed by atoms with Gasteiger partial charge in [-0.15, -0.1) is 0 Å². The molecule has 0 unspecified atom stereocenters. The minimum absolute atomic E-state index is 0.579. The van der Waals surface area contributed by atoms with Crippen LogP contribution in [0.25, 0.3) is 0 Å². The van der Waals surface area contributed by atoms with Crippen LogP contribution in [0, 0.1) is 5.92 Å². The highest BCUT2D eigenvalue weighted by atomic mass is 16.5. The van der Waals surface area contributed by atoms with E-state index >= 15 is 0 Å². The van der Waals surface area contributed by atoms with Gasteiger partial charge in [-0.2, -0.15) is 0 Å². The van der Waals surface area contributed by atoms with Crippen molar-refractivity contribution in [1.82, 2.24) is 9.97 Å². The Balaban J connectivity index is 0.000000400. The Morgan fingerprint density at radius 2 is 1.86 bits per heavy atom. The molecule has 0 saturated heterocycles. The third-order valence-electron chi connectivity index (χ3n) is 2.99. The number of unbranched alkanes of at least 4 members (excludes halogenated alkanes) is 4. The fraction of sp³-hybridized carbons (Fsp3) is 0.667. The average Bonchev–Trinajstić information content (AvgIpc) is 2.48. The molecule has 1 rings (SSSR count). The van der Waals surface area contributed by atoms with Crippen LogP contribution in [-0.4, -0.2) is 17.1 Å². The van der Waals surface area contributed by atoms with Gasteiger partial charge in [-0.1, -0.05) is 52.2 Å². The number of nitrogens with zero attached hydrogens (tertiary/aromatic N) is 2. The molecule has 0 bridgehead atoms. The quantitative estimate of drug-likeness (QED) is 0.487. The summed E-state index contributed by atoms with van der Waals surface area (Å²) >= 11 is 0. The van der Waals surface area contributed by atoms with Crippen LogP contribution in [0.15, 0.2) is 24.5 Å². The summed E-state index contributed by atoms with van der Waals surface area (Å²) in [7, 11) is 1.62. The highest BCUT2D eigenvalue weighted by Crippen LogP contribution is 2.14. The highest BCUT2D eigenvalue weighted by Gasteiger charge is 2.06. The highest BCUT2D eigenvalue weighted by molar-refractivity contribution is 5.17. The first-order chi connectivity index (χ1) is 10.2. The SMILES string of the molecule is CC=CCCCCCC.COc1nccnc1CC(C)C. The zero-order valence-electron chi connectivity index (χ0n) is 14.4. The van der Waals surface area contributed by atoms with E-state index in [1.807, 2.05) is 0 Å². The molecular weight excluding hydrogens is 260 g/mol. The summed E-state index contributed by atoms with van der Waals surface area (Å²) in [4.78, 5) is 8.27. The predicted octanol–water partition coefficient (Wildman–Crippen LogP) is 5.22. The van der Waals surface area contributed by atoms with E-state index in [1.54, 1.807) is 19.5 Å². The second kappa shape index (κ2) is 13.6. The number of methoxy groups -OCH3 is 1. The number of aromatic nitrogens is 2. The Bertz CT molecular complexity index is 375. The second-order valence-electron chi connectivity index (χ2n) is 5.53. The third-order valence-corrected chi connectivity index (χ3v) is 2.99. The zero-order valence-corrected chi connectivity index (χ0v) is 14.4. The minimum atomic E-state index is 0.579. The number of ether oxygens (including phenoxy) is 1. The molecular formula is C18H32N2O. The van der Waals surface area contributed by atoms with Gasteiger partial charge in [-0.05, 0) is 32.1 Å². The third kappa shape index (κ3) is 11.0. The molecule has 3 heteroatoms. The van der Waals surface area contributed by atoms with Crippen molar-refractivity contribution in [3.05, 3.63) is 30.2 Å². The molecule has 1 aromatic heterocycles. The zero-order chi connectivity index (χ0) is 15.9. The van der Waals surface area contributed by atoms with Gasteiger partial charge in [0.25, 0.3) is 0 Å². The van der Waals surface area contributed by atoms with E-state index in [1.165, 1.54) is 32.1 Å². The van der Waals surface area contributed by atoms with Crippen molar-refractivity contribution in [2.24, 2.45) is 5.92 Å². The first-order valence-corrected chi connectivity index (χ1v) is 8.10. The molecule has 0 spiro atoms. The molecule has 0 aromatic carbocycles. The molecule has 0 N–H and O–H groups in total. The van der Waals surface area contributed by atoms with Crippen LogP contribution < -0.4 is 4.74 Å². The molecule has 0 radical (unpaired) electrons. The molecule has 0 aliphatic carbocycles. The average molecular weight is 292 g/mol. The summed E-state index contributed by atoms with van der Waals surface area (Å²) in [5.41, 5.74) is 0.940. The van der Waals surface area contributed by atoms with E-state index in [-0.39, 0.29) is 0 Å². The molecule has 0 fully saturated rings. The lowest BCUT2D eigenvalue weighted by molar-refractivity contribution is 0.386. The standard InChI is InChI=1S/C9H14N2O.C9H18/c1-7(2)6-8-9(12-3)11-5-4-10-8;1-3-5-7-9-8-6-4-2/h4-5,7H,6H2,1-3H3;3,5H,4,6-9H2,1-2H3. The predicted molar refractivity (Wildman–Crippen MR) is 90.7 cm³/mol. The normalized spacial score (nSPS) is 10.6. The van der Waals surface area contributed by atoms with Crippen LogP contribution in [0.5, 0.6) is 5.88 Å². The van der Waals surface area contributed by atoms with Crippen molar-refractivity contribution >= 4 is 0 Å². The van der Waals surface area contributed by atoms with Crippen molar-refractivity contribution in [1.29, 1.82) is 0 Å². The molecule has 0 atom stereocenters. The van der Waals surface area contributed by atoms with Crippen LogP contribution in [0.3, 0.4) is 0 Å². The number of rotatable bonds is 8. The Morgan fingerprint density at radius 1 is 1.14 bits per heavy atom. The van der Waals surface area contributed by atoms with E-state index in [4.69, 9.17) is 4.74 Å². The molecule has 1 aromatic rings. The number of allylic oxidation sites excluding steroid dienone is 2. The van der Waals surface area contributed by atoms with Gasteiger partial charge in [0, 0.05) is 12.4 Å². The molecule has 0 amide bonds. The minimum Gasteiger partial charge on any atom is -0.480 e. The van der Waals surface area contributed by atoms with Crippen molar-refractivity contribution in [3.63, 3.8) is 0 Å². The van der Waals surface area contributed by atoms with E-state index in [0.717, 1.165) is 12.1 Å². The summed E-state index contributed by atoms with van der Waals surface area (Å²) in [6, 6.07) is 0. The number of hydrogen-bond donors (Lipinski definition) is 0.